The number of benzene rings is 1. The summed E-state index contributed by atoms with van der Waals surface area (Å²) < 4.78 is 36.6. The zero-order valence-corrected chi connectivity index (χ0v) is 32.1. The zero-order valence-electron chi connectivity index (χ0n) is 32.1. The van der Waals surface area contributed by atoms with Crippen molar-refractivity contribution in [1.29, 1.82) is 5.26 Å². The first-order chi connectivity index (χ1) is 27.4. The van der Waals surface area contributed by atoms with Crippen LogP contribution in [0.15, 0.2) is 55.2 Å². The van der Waals surface area contributed by atoms with Gasteiger partial charge >= 0.3 is 29.9 Å². The van der Waals surface area contributed by atoms with Gasteiger partial charge in [0.25, 0.3) is 0 Å². The third-order valence-corrected chi connectivity index (χ3v) is 9.93. The standard InChI is InChI=1S/C39H43N7O11/c1-22(47)53-32-33(54-23(2)48)35(55-24(3)49)38(57-34(32)37(50)52-5)56-30-13-9-8-12-26(30)19-44(4)39(51)45-17-15-28-31(41-21-42-36(28)45)27-18-43-46(20-27)29(14-16-40)25-10-6-7-11-25/h8-9,12-13,15,17-18,20-21,25,29,32-35,38H,6-7,10-11,14,19H2,1-5H3/t29?,32-,33-,34-,35+,38+/m0/s1. The summed E-state index contributed by atoms with van der Waals surface area (Å²) in [7, 11) is 2.68. The highest BCUT2D eigenvalue weighted by atomic mass is 16.7. The van der Waals surface area contributed by atoms with E-state index in [-0.39, 0.29) is 18.3 Å². The molecule has 1 saturated carbocycles. The zero-order chi connectivity index (χ0) is 40.8. The molecule has 18 heteroatoms. The molecule has 4 aromatic rings. The fourth-order valence-corrected chi connectivity index (χ4v) is 7.45. The lowest BCUT2D eigenvalue weighted by atomic mass is 9.96. The molecule has 300 valence electrons. The van der Waals surface area contributed by atoms with E-state index in [1.54, 1.807) is 49.8 Å². The highest BCUT2D eigenvalue weighted by molar-refractivity contribution is 5.96. The molecule has 2 aliphatic rings. The molecule has 2 fully saturated rings. The van der Waals surface area contributed by atoms with Crippen molar-refractivity contribution in [3.63, 3.8) is 0 Å². The molecule has 1 unspecified atom stereocenters. The number of carbonyl (C=O) groups is 5. The van der Waals surface area contributed by atoms with Crippen molar-refractivity contribution in [2.45, 2.75) is 96.2 Å². The summed E-state index contributed by atoms with van der Waals surface area (Å²) >= 11 is 0. The number of amides is 1. The van der Waals surface area contributed by atoms with Gasteiger partial charge in [-0.25, -0.2) is 19.6 Å². The van der Waals surface area contributed by atoms with Gasteiger partial charge in [-0.05, 0) is 30.9 Å². The van der Waals surface area contributed by atoms with Crippen molar-refractivity contribution in [3.8, 4) is 23.1 Å². The van der Waals surface area contributed by atoms with Gasteiger partial charge < -0.3 is 33.3 Å². The van der Waals surface area contributed by atoms with E-state index in [0.29, 0.717) is 34.6 Å². The van der Waals surface area contributed by atoms with Crippen LogP contribution in [0.3, 0.4) is 0 Å². The molecular formula is C39H43N7O11. The Bertz CT molecular complexity index is 2170. The average molecular weight is 786 g/mol. The topological polar surface area (TPSA) is 216 Å². The van der Waals surface area contributed by atoms with Crippen molar-refractivity contribution in [1.82, 2.24) is 29.2 Å². The van der Waals surface area contributed by atoms with Crippen LogP contribution in [-0.2, 0) is 49.4 Å². The van der Waals surface area contributed by atoms with E-state index in [2.05, 4.69) is 21.1 Å². The van der Waals surface area contributed by atoms with Crippen LogP contribution < -0.4 is 4.74 Å². The number of nitrogens with zero attached hydrogens (tertiary/aromatic N) is 7. The number of aromatic nitrogens is 5. The molecule has 1 aliphatic heterocycles. The number of fused-ring (bicyclic) bond motifs is 1. The smallest absolute Gasteiger partial charge is 0.339 e. The second-order valence-electron chi connectivity index (χ2n) is 13.9. The predicted molar refractivity (Wildman–Crippen MR) is 197 cm³/mol. The molecule has 0 radical (unpaired) electrons. The number of carbonyl (C=O) groups excluding carboxylic acids is 5. The third kappa shape index (κ3) is 8.88. The Balaban J connectivity index is 1.25. The van der Waals surface area contributed by atoms with Crippen molar-refractivity contribution in [2.24, 2.45) is 5.92 Å². The molecule has 1 aliphatic carbocycles. The summed E-state index contributed by atoms with van der Waals surface area (Å²) in [5.74, 6) is -2.89. The third-order valence-electron chi connectivity index (χ3n) is 9.93. The van der Waals surface area contributed by atoms with Gasteiger partial charge in [0.2, 0.25) is 12.4 Å². The highest BCUT2D eigenvalue weighted by Gasteiger charge is 2.56. The van der Waals surface area contributed by atoms with Crippen LogP contribution in [0.2, 0.25) is 0 Å². The predicted octanol–water partition coefficient (Wildman–Crippen LogP) is 4.11. The van der Waals surface area contributed by atoms with Crippen LogP contribution in [0.25, 0.3) is 22.3 Å². The fourth-order valence-electron chi connectivity index (χ4n) is 7.45. The number of hydrogen-bond acceptors (Lipinski definition) is 15. The van der Waals surface area contributed by atoms with E-state index in [9.17, 15) is 29.2 Å². The second kappa shape index (κ2) is 17.6. The number of esters is 4. The minimum Gasteiger partial charge on any atom is -0.467 e. The maximum Gasteiger partial charge on any atom is 0.339 e. The van der Waals surface area contributed by atoms with Crippen molar-refractivity contribution in [3.05, 3.63) is 60.8 Å². The summed E-state index contributed by atoms with van der Waals surface area (Å²) in [6.45, 7) is 3.28. The lowest BCUT2D eigenvalue weighted by molar-refractivity contribution is -0.282. The first-order valence-electron chi connectivity index (χ1n) is 18.4. The first kappa shape index (κ1) is 40.3. The summed E-state index contributed by atoms with van der Waals surface area (Å²) in [6.07, 6.45) is 3.50. The Labute approximate surface area is 327 Å². The van der Waals surface area contributed by atoms with Crippen LogP contribution in [-0.4, -0.2) is 104 Å². The summed E-state index contributed by atoms with van der Waals surface area (Å²) in [5.41, 5.74) is 2.16. The van der Waals surface area contributed by atoms with Crippen LogP contribution in [0, 0.1) is 17.2 Å². The number of nitriles is 1. The van der Waals surface area contributed by atoms with Crippen molar-refractivity contribution >= 4 is 40.9 Å². The maximum absolute atomic E-state index is 14.0. The van der Waals surface area contributed by atoms with E-state index in [1.807, 2.05) is 10.9 Å². The summed E-state index contributed by atoms with van der Waals surface area (Å²) in [6, 6.07) is 10.2. The molecule has 6 rings (SSSR count). The van der Waals surface area contributed by atoms with E-state index < -0.39 is 60.6 Å². The monoisotopic (exact) mass is 785 g/mol. The Kier molecular flexibility index (Phi) is 12.5. The van der Waals surface area contributed by atoms with Gasteiger partial charge in [0.1, 0.15) is 12.1 Å². The summed E-state index contributed by atoms with van der Waals surface area (Å²) in [5, 5.41) is 14.8. The Morgan fingerprint density at radius 1 is 0.965 bits per heavy atom. The van der Waals surface area contributed by atoms with E-state index in [1.165, 1.54) is 15.8 Å². The minimum atomic E-state index is -1.65. The quantitative estimate of drug-likeness (QED) is 0.146. The largest absolute Gasteiger partial charge is 0.467 e. The molecule has 3 aromatic heterocycles. The van der Waals surface area contributed by atoms with Gasteiger partial charge in [-0.15, -0.1) is 0 Å². The number of para-hydroxylation sites is 1. The van der Waals surface area contributed by atoms with Gasteiger partial charge in [-0.3, -0.25) is 23.6 Å². The van der Waals surface area contributed by atoms with Crippen molar-refractivity contribution in [2.75, 3.05) is 14.2 Å². The minimum absolute atomic E-state index is 0.00430. The lowest BCUT2D eigenvalue weighted by Gasteiger charge is -2.43. The van der Waals surface area contributed by atoms with Gasteiger partial charge in [0.05, 0.1) is 44.1 Å². The Hall–Kier alpha value is -6.35. The summed E-state index contributed by atoms with van der Waals surface area (Å²) in [4.78, 5) is 73.9. The normalized spacial score (nSPS) is 21.2. The molecule has 0 spiro atoms. The number of hydrogen-bond donors (Lipinski definition) is 0. The van der Waals surface area contributed by atoms with Crippen LogP contribution >= 0.6 is 0 Å². The van der Waals surface area contributed by atoms with Crippen LogP contribution in [0.5, 0.6) is 5.75 Å². The molecule has 57 heavy (non-hydrogen) atoms. The van der Waals surface area contributed by atoms with Gasteiger partial charge in [0, 0.05) is 56.7 Å². The molecule has 1 aromatic carbocycles. The Morgan fingerprint density at radius 3 is 2.33 bits per heavy atom. The molecule has 4 heterocycles. The molecular weight excluding hydrogens is 742 g/mol. The number of ether oxygens (including phenoxy) is 6. The highest BCUT2D eigenvalue weighted by Crippen LogP contribution is 2.37. The molecule has 0 bridgehead atoms. The fraction of sp³-hybridized carbons (Fsp3) is 0.462. The molecule has 18 nitrogen and oxygen atoms in total. The molecule has 6 atom stereocenters. The maximum atomic E-state index is 14.0. The number of rotatable bonds is 12. The van der Waals surface area contributed by atoms with Gasteiger partial charge in [-0.2, -0.15) is 10.4 Å². The van der Waals surface area contributed by atoms with Crippen LogP contribution in [0.1, 0.15) is 64.5 Å². The van der Waals surface area contributed by atoms with E-state index in [0.717, 1.165) is 59.1 Å². The molecule has 0 N–H and O–H groups in total. The van der Waals surface area contributed by atoms with Crippen LogP contribution in [0.4, 0.5) is 4.79 Å². The SMILES string of the molecule is COC(=O)[C@H]1O[C@@H](Oc2ccccc2CN(C)C(=O)n2ccc3c(-c4cnn(C(CC#N)C5CCCC5)c4)ncnc32)[C@H](OC(C)=O)[C@@H](OC(C)=O)[C@@H]1OC(C)=O. The molecule has 1 amide bonds. The Morgan fingerprint density at radius 2 is 1.65 bits per heavy atom. The average Bonchev–Trinajstić information content (AvgIpc) is 3.98. The molecule has 1 saturated heterocycles. The van der Waals surface area contributed by atoms with Crippen molar-refractivity contribution < 1.29 is 52.4 Å². The van der Waals surface area contributed by atoms with E-state index in [4.69, 9.17) is 28.4 Å². The number of methoxy groups -OCH3 is 1. The van der Waals surface area contributed by atoms with Gasteiger partial charge in [-0.1, -0.05) is 31.0 Å². The van der Waals surface area contributed by atoms with Gasteiger partial charge in [0.15, 0.2) is 24.0 Å². The second-order valence-corrected chi connectivity index (χ2v) is 13.9. The first-order valence-corrected chi connectivity index (χ1v) is 18.4. The lowest BCUT2D eigenvalue weighted by Crippen LogP contribution is -2.64. The van der Waals surface area contributed by atoms with E-state index >= 15 is 0 Å².